The molecule has 1 aromatic carbocycles. The smallest absolute Gasteiger partial charge is 0.204 e. The second-order valence-corrected chi connectivity index (χ2v) is 8.34. The van der Waals surface area contributed by atoms with E-state index in [1.807, 2.05) is 6.92 Å². The normalized spacial score (nSPS) is 25.2. The predicted molar refractivity (Wildman–Crippen MR) is 119 cm³/mol. The quantitative estimate of drug-likeness (QED) is 0.796. The maximum absolute atomic E-state index is 5.71. The summed E-state index contributed by atoms with van der Waals surface area (Å²) in [6, 6.07) is 8.88. The van der Waals surface area contributed by atoms with Crippen LogP contribution >= 0.6 is 0 Å². The fourth-order valence-electron chi connectivity index (χ4n) is 5.00. The Morgan fingerprint density at radius 1 is 1.10 bits per heavy atom. The molecule has 1 fully saturated rings. The zero-order valence-corrected chi connectivity index (χ0v) is 18.3. The lowest BCUT2D eigenvalue weighted by Crippen LogP contribution is -2.43. The first-order chi connectivity index (χ1) is 15.2. The molecule has 1 N–H and O–H groups in total. The molecule has 0 amide bonds. The lowest BCUT2D eigenvalue weighted by Gasteiger charge is -2.42. The van der Waals surface area contributed by atoms with Crippen molar-refractivity contribution in [3.05, 3.63) is 58.9 Å². The molecule has 2 aliphatic carbocycles. The van der Waals surface area contributed by atoms with Gasteiger partial charge in [-0.1, -0.05) is 37.1 Å². The van der Waals surface area contributed by atoms with E-state index in [2.05, 4.69) is 57.1 Å². The third-order valence-electron chi connectivity index (χ3n) is 6.63. The fraction of sp³-hybridized carbons (Fsp3) is 0.458. The fourth-order valence-corrected chi connectivity index (χ4v) is 5.00. The van der Waals surface area contributed by atoms with Crippen molar-refractivity contribution in [2.45, 2.75) is 51.3 Å². The van der Waals surface area contributed by atoms with Crippen LogP contribution in [0.25, 0.3) is 17.1 Å². The second kappa shape index (κ2) is 8.30. The highest BCUT2D eigenvalue weighted by Gasteiger charge is 2.38. The molecule has 7 nitrogen and oxygen atoms in total. The molecular formula is C24H29N5O2. The van der Waals surface area contributed by atoms with Crippen molar-refractivity contribution in [3.63, 3.8) is 0 Å². The van der Waals surface area contributed by atoms with Gasteiger partial charge in [-0.15, -0.1) is 10.2 Å². The van der Waals surface area contributed by atoms with Gasteiger partial charge in [0.1, 0.15) is 11.9 Å². The van der Waals surface area contributed by atoms with Gasteiger partial charge in [0.2, 0.25) is 5.82 Å². The van der Waals surface area contributed by atoms with Crippen molar-refractivity contribution < 1.29 is 9.47 Å². The van der Waals surface area contributed by atoms with Gasteiger partial charge in [-0.25, -0.2) is 0 Å². The average Bonchev–Trinajstić information content (AvgIpc) is 3.32. The molecule has 0 bridgehead atoms. The molecule has 2 aromatic rings. The van der Waals surface area contributed by atoms with Crippen LogP contribution in [0, 0.1) is 5.92 Å². The molecule has 1 unspecified atom stereocenters. The van der Waals surface area contributed by atoms with Gasteiger partial charge >= 0.3 is 0 Å². The van der Waals surface area contributed by atoms with Gasteiger partial charge in [0, 0.05) is 35.9 Å². The molecule has 3 aliphatic rings. The number of tetrazole rings is 1. The number of fused-ring (bicyclic) bond motifs is 3. The minimum absolute atomic E-state index is 0.125. The van der Waals surface area contributed by atoms with Gasteiger partial charge in [-0.05, 0) is 48.3 Å². The summed E-state index contributed by atoms with van der Waals surface area (Å²) in [6.07, 6.45) is 9.25. The van der Waals surface area contributed by atoms with E-state index in [1.54, 1.807) is 19.0 Å². The summed E-state index contributed by atoms with van der Waals surface area (Å²) in [5, 5.41) is 16.5. The molecule has 0 radical (unpaired) electrons. The lowest BCUT2D eigenvalue weighted by atomic mass is 9.72. The maximum Gasteiger partial charge on any atom is 0.204 e. The minimum atomic E-state index is -0.125. The number of nitrogens with one attached hydrogen (secondary N) is 1. The molecule has 0 spiro atoms. The number of methoxy groups -OCH3 is 2. The summed E-state index contributed by atoms with van der Waals surface area (Å²) >= 11 is 0. The first kappa shape index (κ1) is 20.0. The van der Waals surface area contributed by atoms with Crippen LogP contribution in [0.15, 0.2) is 53.3 Å². The highest BCUT2D eigenvalue weighted by atomic mass is 16.5. The molecule has 2 heterocycles. The Morgan fingerprint density at radius 2 is 1.87 bits per heavy atom. The standard InChI is InChI=1S/C24H29N5O2/c1-4-29-27-24(26-28-29)16-11-9-15(10-12-16)23-19-14-22(31-3)21(30-2)13-18(19)17-7-5-6-8-20(17)25-23/h9-14,17,20-21,25H,4-8H2,1-3H3/t17-,20-,21?/m1/s1. The molecule has 7 heteroatoms. The topological polar surface area (TPSA) is 74.1 Å². The number of hydrogen-bond donors (Lipinski definition) is 1. The predicted octanol–water partition coefficient (Wildman–Crippen LogP) is 3.72. The summed E-state index contributed by atoms with van der Waals surface area (Å²) in [5.74, 6) is 2.01. The van der Waals surface area contributed by atoms with E-state index in [0.29, 0.717) is 24.3 Å². The van der Waals surface area contributed by atoms with Gasteiger partial charge < -0.3 is 14.8 Å². The molecule has 31 heavy (non-hydrogen) atoms. The highest BCUT2D eigenvalue weighted by Crippen LogP contribution is 2.44. The van der Waals surface area contributed by atoms with Gasteiger partial charge in [-0.2, -0.15) is 4.80 Å². The Balaban J connectivity index is 1.56. The van der Waals surface area contributed by atoms with Crippen LogP contribution in [0.4, 0.5) is 0 Å². The van der Waals surface area contributed by atoms with Gasteiger partial charge in [-0.3, -0.25) is 0 Å². The monoisotopic (exact) mass is 419 g/mol. The van der Waals surface area contributed by atoms with E-state index < -0.39 is 0 Å². The van der Waals surface area contributed by atoms with Crippen LogP contribution in [0.1, 0.15) is 38.2 Å². The first-order valence-electron chi connectivity index (χ1n) is 11.1. The maximum atomic E-state index is 5.71. The van der Waals surface area contributed by atoms with E-state index in [9.17, 15) is 0 Å². The van der Waals surface area contributed by atoms with Crippen molar-refractivity contribution >= 4 is 5.70 Å². The molecule has 5 rings (SSSR count). The van der Waals surface area contributed by atoms with Crippen molar-refractivity contribution in [1.29, 1.82) is 0 Å². The van der Waals surface area contributed by atoms with Crippen molar-refractivity contribution in [2.75, 3.05) is 14.2 Å². The highest BCUT2D eigenvalue weighted by molar-refractivity contribution is 5.78. The summed E-state index contributed by atoms with van der Waals surface area (Å²) in [5.41, 5.74) is 5.89. The molecule has 1 aromatic heterocycles. The number of ether oxygens (including phenoxy) is 2. The number of aromatic nitrogens is 4. The number of allylic oxidation sites excluding steroid dienone is 2. The third kappa shape index (κ3) is 3.57. The van der Waals surface area contributed by atoms with E-state index in [0.717, 1.165) is 22.6 Å². The van der Waals surface area contributed by atoms with Crippen molar-refractivity contribution in [3.8, 4) is 11.4 Å². The zero-order chi connectivity index (χ0) is 21.4. The van der Waals surface area contributed by atoms with Crippen LogP contribution in [0.2, 0.25) is 0 Å². The molecule has 1 aliphatic heterocycles. The van der Waals surface area contributed by atoms with Crippen LogP contribution in [0.5, 0.6) is 0 Å². The molecule has 162 valence electrons. The minimum Gasteiger partial charge on any atom is -0.498 e. The van der Waals surface area contributed by atoms with E-state index in [4.69, 9.17) is 9.47 Å². The van der Waals surface area contributed by atoms with E-state index in [1.165, 1.54) is 36.8 Å². The van der Waals surface area contributed by atoms with Gasteiger partial charge in [0.15, 0.2) is 0 Å². The second-order valence-electron chi connectivity index (χ2n) is 8.34. The Morgan fingerprint density at radius 3 is 2.58 bits per heavy atom. The molecule has 0 saturated heterocycles. The largest absolute Gasteiger partial charge is 0.498 e. The van der Waals surface area contributed by atoms with Crippen LogP contribution in [-0.4, -0.2) is 46.6 Å². The summed E-state index contributed by atoms with van der Waals surface area (Å²) in [4.78, 5) is 1.60. The Kier molecular flexibility index (Phi) is 5.36. The van der Waals surface area contributed by atoms with E-state index in [-0.39, 0.29) is 6.10 Å². The number of benzene rings is 1. The Hall–Kier alpha value is -2.93. The Bertz CT molecular complexity index is 1050. The molecular weight excluding hydrogens is 390 g/mol. The van der Waals surface area contributed by atoms with Gasteiger partial charge in [0.05, 0.1) is 13.7 Å². The van der Waals surface area contributed by atoms with Crippen LogP contribution in [0.3, 0.4) is 0 Å². The zero-order valence-electron chi connectivity index (χ0n) is 18.3. The molecule has 1 saturated carbocycles. The molecule has 3 atom stereocenters. The first-order valence-corrected chi connectivity index (χ1v) is 11.1. The average molecular weight is 420 g/mol. The van der Waals surface area contributed by atoms with Gasteiger partial charge in [0.25, 0.3) is 0 Å². The van der Waals surface area contributed by atoms with Crippen LogP contribution < -0.4 is 5.32 Å². The van der Waals surface area contributed by atoms with Crippen LogP contribution in [-0.2, 0) is 16.0 Å². The lowest BCUT2D eigenvalue weighted by molar-refractivity contribution is 0.107. The summed E-state index contributed by atoms with van der Waals surface area (Å²) in [7, 11) is 3.45. The third-order valence-corrected chi connectivity index (χ3v) is 6.63. The summed E-state index contributed by atoms with van der Waals surface area (Å²) < 4.78 is 11.4. The number of hydrogen-bond acceptors (Lipinski definition) is 6. The van der Waals surface area contributed by atoms with Crippen molar-refractivity contribution in [1.82, 2.24) is 25.5 Å². The number of rotatable bonds is 5. The number of nitrogens with zero attached hydrogens (tertiary/aromatic N) is 4. The van der Waals surface area contributed by atoms with Crippen molar-refractivity contribution in [2.24, 2.45) is 5.92 Å². The Labute approximate surface area is 182 Å². The summed E-state index contributed by atoms with van der Waals surface area (Å²) in [6.45, 7) is 2.71. The van der Waals surface area contributed by atoms with E-state index >= 15 is 0 Å². The number of aryl methyl sites for hydroxylation is 1. The SMILES string of the molecule is CCn1nnc(-c2ccc(C3=C4C=C(OC)C(OC)C=C4[C@H]4CCCC[C@H]4N3)cc2)n1.